The van der Waals surface area contributed by atoms with E-state index in [9.17, 15) is 0 Å². The van der Waals surface area contributed by atoms with Crippen molar-refractivity contribution in [3.05, 3.63) is 237 Å². The maximum absolute atomic E-state index is 2.39. The highest BCUT2D eigenvalue weighted by Gasteiger charge is 2.21. The van der Waals surface area contributed by atoms with Crippen LogP contribution in [0.3, 0.4) is 0 Å². The molecule has 55 heavy (non-hydrogen) atoms. The maximum Gasteiger partial charge on any atom is 0.0540 e. The van der Waals surface area contributed by atoms with Gasteiger partial charge in [0.05, 0.1) is 5.69 Å². The van der Waals surface area contributed by atoms with E-state index >= 15 is 0 Å². The number of hydrogen-bond donors (Lipinski definition) is 0. The summed E-state index contributed by atoms with van der Waals surface area (Å²) in [4.78, 5) is 2.39. The highest BCUT2D eigenvalue weighted by atomic mass is 15.1. The number of benzene rings is 9. The van der Waals surface area contributed by atoms with E-state index in [1.54, 1.807) is 0 Å². The average molecular weight is 702 g/mol. The second-order valence-corrected chi connectivity index (χ2v) is 13.7. The van der Waals surface area contributed by atoms with E-state index in [1.807, 2.05) is 0 Å². The molecule has 0 aliphatic carbocycles. The van der Waals surface area contributed by atoms with E-state index in [0.29, 0.717) is 0 Å². The molecule has 9 aromatic rings. The van der Waals surface area contributed by atoms with E-state index in [0.717, 1.165) is 22.6 Å². The zero-order chi connectivity index (χ0) is 36.8. The van der Waals surface area contributed by atoms with Crippen LogP contribution in [-0.2, 0) is 0 Å². The highest BCUT2D eigenvalue weighted by Crippen LogP contribution is 2.46. The predicted octanol–water partition coefficient (Wildman–Crippen LogP) is 15.2. The van der Waals surface area contributed by atoms with Crippen molar-refractivity contribution >= 4 is 17.1 Å². The van der Waals surface area contributed by atoms with E-state index in [1.165, 1.54) is 61.2 Å². The van der Waals surface area contributed by atoms with Crippen LogP contribution in [0.25, 0.3) is 66.8 Å². The molecular formula is C54H39N. The standard InChI is InChI=1S/C54H39N/c1-5-17-40(18-6-1)42-29-31-43(32-30-42)44-33-36-48(37-34-44)55(47-23-11-4-12-24-47)54-28-16-15-27-52(54)53-39-46(41-19-7-2-8-20-41)35-38-51(53)50-26-14-13-25-49(50)45-21-9-3-10-22-45/h1-39H. The first-order valence-electron chi connectivity index (χ1n) is 18.8. The SMILES string of the molecule is c1ccc(-c2ccc(-c3ccc(N(c4ccccc4)c4ccccc4-c4cc(-c5ccccc5)ccc4-c4ccccc4-c4ccccc4)cc3)cc2)cc1. The second-order valence-electron chi connectivity index (χ2n) is 13.7. The van der Waals surface area contributed by atoms with Gasteiger partial charge < -0.3 is 4.90 Å². The lowest BCUT2D eigenvalue weighted by atomic mass is 9.87. The molecule has 1 heteroatoms. The van der Waals surface area contributed by atoms with Crippen molar-refractivity contribution in [2.24, 2.45) is 0 Å². The molecule has 0 saturated carbocycles. The lowest BCUT2D eigenvalue weighted by Crippen LogP contribution is -2.11. The van der Waals surface area contributed by atoms with Gasteiger partial charge in [-0.2, -0.15) is 0 Å². The van der Waals surface area contributed by atoms with Crippen molar-refractivity contribution in [1.82, 2.24) is 0 Å². The smallest absolute Gasteiger partial charge is 0.0540 e. The Balaban J connectivity index is 1.19. The average Bonchev–Trinajstić information content (AvgIpc) is 3.28. The highest BCUT2D eigenvalue weighted by molar-refractivity contribution is 5.98. The van der Waals surface area contributed by atoms with E-state index < -0.39 is 0 Å². The van der Waals surface area contributed by atoms with E-state index in [2.05, 4.69) is 241 Å². The Morgan fingerprint density at radius 3 is 1.15 bits per heavy atom. The second kappa shape index (κ2) is 15.4. The Bertz CT molecular complexity index is 2650. The van der Waals surface area contributed by atoms with Crippen LogP contribution in [-0.4, -0.2) is 0 Å². The summed E-state index contributed by atoms with van der Waals surface area (Å²) in [6, 6.07) is 85.0. The Morgan fingerprint density at radius 1 is 0.200 bits per heavy atom. The van der Waals surface area contributed by atoms with Crippen LogP contribution in [0.2, 0.25) is 0 Å². The van der Waals surface area contributed by atoms with Crippen molar-refractivity contribution in [2.45, 2.75) is 0 Å². The van der Waals surface area contributed by atoms with Crippen LogP contribution in [0.1, 0.15) is 0 Å². The number of hydrogen-bond acceptors (Lipinski definition) is 1. The first-order chi connectivity index (χ1) is 27.3. The van der Waals surface area contributed by atoms with Gasteiger partial charge in [-0.05, 0) is 97.6 Å². The summed E-state index contributed by atoms with van der Waals surface area (Å²) >= 11 is 0. The van der Waals surface area contributed by atoms with Gasteiger partial charge in [0.1, 0.15) is 0 Å². The van der Waals surface area contributed by atoms with Gasteiger partial charge in [-0.25, -0.2) is 0 Å². The molecular weight excluding hydrogens is 663 g/mol. The summed E-state index contributed by atoms with van der Waals surface area (Å²) in [5.74, 6) is 0. The molecule has 0 unspecified atom stereocenters. The molecule has 0 amide bonds. The topological polar surface area (TPSA) is 3.24 Å². The molecule has 0 bridgehead atoms. The third-order valence-corrected chi connectivity index (χ3v) is 10.3. The predicted molar refractivity (Wildman–Crippen MR) is 234 cm³/mol. The van der Waals surface area contributed by atoms with Crippen molar-refractivity contribution in [3.8, 4) is 66.8 Å². The number of rotatable bonds is 9. The van der Waals surface area contributed by atoms with Crippen LogP contribution in [0.5, 0.6) is 0 Å². The van der Waals surface area contributed by atoms with Gasteiger partial charge in [0.2, 0.25) is 0 Å². The van der Waals surface area contributed by atoms with Gasteiger partial charge in [0.25, 0.3) is 0 Å². The first-order valence-corrected chi connectivity index (χ1v) is 18.8. The fraction of sp³-hybridized carbons (Fsp3) is 0. The Hall–Kier alpha value is -7.22. The Kier molecular flexibility index (Phi) is 9.41. The molecule has 0 aromatic heterocycles. The van der Waals surface area contributed by atoms with Gasteiger partial charge in [-0.15, -0.1) is 0 Å². The van der Waals surface area contributed by atoms with Crippen LogP contribution in [0.15, 0.2) is 237 Å². The van der Waals surface area contributed by atoms with Crippen molar-refractivity contribution in [3.63, 3.8) is 0 Å². The molecule has 0 atom stereocenters. The van der Waals surface area contributed by atoms with Crippen molar-refractivity contribution in [2.75, 3.05) is 4.90 Å². The van der Waals surface area contributed by atoms with Gasteiger partial charge in [0.15, 0.2) is 0 Å². The summed E-state index contributed by atoms with van der Waals surface area (Å²) in [7, 11) is 0. The Morgan fingerprint density at radius 2 is 0.564 bits per heavy atom. The normalized spacial score (nSPS) is 10.9. The van der Waals surface area contributed by atoms with Crippen LogP contribution < -0.4 is 4.90 Å². The summed E-state index contributed by atoms with van der Waals surface area (Å²) in [5.41, 5.74) is 17.6. The molecule has 0 N–H and O–H groups in total. The molecule has 0 aliphatic rings. The summed E-state index contributed by atoms with van der Waals surface area (Å²) in [5, 5.41) is 0. The molecule has 0 saturated heterocycles. The number of anilines is 3. The molecule has 9 rings (SSSR count). The van der Waals surface area contributed by atoms with Crippen LogP contribution in [0, 0.1) is 0 Å². The fourth-order valence-electron chi connectivity index (χ4n) is 7.59. The molecule has 260 valence electrons. The van der Waals surface area contributed by atoms with Crippen molar-refractivity contribution < 1.29 is 0 Å². The van der Waals surface area contributed by atoms with Gasteiger partial charge in [-0.1, -0.05) is 200 Å². The lowest BCUT2D eigenvalue weighted by Gasteiger charge is -2.29. The third-order valence-electron chi connectivity index (χ3n) is 10.3. The zero-order valence-electron chi connectivity index (χ0n) is 30.5. The molecule has 0 spiro atoms. The quantitative estimate of drug-likeness (QED) is 0.145. The fourth-order valence-corrected chi connectivity index (χ4v) is 7.59. The third kappa shape index (κ3) is 7.00. The first kappa shape index (κ1) is 33.6. The maximum atomic E-state index is 2.39. The molecule has 0 heterocycles. The van der Waals surface area contributed by atoms with Crippen LogP contribution >= 0.6 is 0 Å². The largest absolute Gasteiger partial charge is 0.310 e. The minimum atomic E-state index is 1.09. The monoisotopic (exact) mass is 701 g/mol. The number of nitrogens with zero attached hydrogens (tertiary/aromatic N) is 1. The zero-order valence-corrected chi connectivity index (χ0v) is 30.5. The van der Waals surface area contributed by atoms with Gasteiger partial charge in [-0.3, -0.25) is 0 Å². The molecule has 1 nitrogen and oxygen atoms in total. The van der Waals surface area contributed by atoms with E-state index in [-0.39, 0.29) is 0 Å². The summed E-state index contributed by atoms with van der Waals surface area (Å²) < 4.78 is 0. The minimum Gasteiger partial charge on any atom is -0.310 e. The minimum absolute atomic E-state index is 1.09. The molecule has 0 aliphatic heterocycles. The summed E-state index contributed by atoms with van der Waals surface area (Å²) in [6.45, 7) is 0. The van der Waals surface area contributed by atoms with Gasteiger partial charge in [0, 0.05) is 16.9 Å². The van der Waals surface area contributed by atoms with Crippen LogP contribution in [0.4, 0.5) is 17.1 Å². The van der Waals surface area contributed by atoms with Gasteiger partial charge >= 0.3 is 0 Å². The summed E-state index contributed by atoms with van der Waals surface area (Å²) in [6.07, 6.45) is 0. The number of para-hydroxylation sites is 2. The van der Waals surface area contributed by atoms with Crippen molar-refractivity contribution in [1.29, 1.82) is 0 Å². The van der Waals surface area contributed by atoms with E-state index in [4.69, 9.17) is 0 Å². The lowest BCUT2D eigenvalue weighted by molar-refractivity contribution is 1.28. The molecule has 0 radical (unpaired) electrons. The molecule has 0 fully saturated rings. The Labute approximate surface area is 324 Å². The molecule has 9 aromatic carbocycles.